The lowest BCUT2D eigenvalue weighted by molar-refractivity contribution is -0.385. The molecule has 0 aromatic heterocycles. The number of nitro groups is 1. The predicted octanol–water partition coefficient (Wildman–Crippen LogP) is 3.86. The van der Waals surface area contributed by atoms with Crippen molar-refractivity contribution in [3.05, 3.63) is 69.8 Å². The third-order valence-electron chi connectivity index (χ3n) is 4.45. The summed E-state index contributed by atoms with van der Waals surface area (Å²) in [5.41, 5.74) is 0.725. The average Bonchev–Trinajstić information content (AvgIpc) is 2.75. The van der Waals surface area contributed by atoms with Crippen LogP contribution in [0.25, 0.3) is 6.08 Å². The fourth-order valence-electron chi connectivity index (χ4n) is 2.96. The van der Waals surface area contributed by atoms with Gasteiger partial charge in [-0.15, -0.1) is 0 Å². The molecule has 0 radical (unpaired) electrons. The molecule has 0 fully saturated rings. The minimum Gasteiger partial charge on any atom is -0.493 e. The van der Waals surface area contributed by atoms with Gasteiger partial charge in [-0.2, -0.15) is 8.78 Å². The second-order valence-corrected chi connectivity index (χ2v) is 6.90. The van der Waals surface area contributed by atoms with Crippen molar-refractivity contribution >= 4 is 17.7 Å². The summed E-state index contributed by atoms with van der Waals surface area (Å²) in [7, 11) is 3.21. The van der Waals surface area contributed by atoms with Crippen LogP contribution in [0.1, 0.15) is 17.5 Å². The van der Waals surface area contributed by atoms with Crippen molar-refractivity contribution in [2.24, 2.45) is 0 Å². The number of nitrogens with zero attached hydrogens (tertiary/aromatic N) is 2. The van der Waals surface area contributed by atoms with Crippen LogP contribution in [0.4, 0.5) is 14.5 Å². The van der Waals surface area contributed by atoms with Gasteiger partial charge in [0.05, 0.1) is 23.7 Å². The summed E-state index contributed by atoms with van der Waals surface area (Å²) in [6.45, 7) is -1.17. The standard InChI is InChI=1S/C22H25F2N3O5/c1-26(15-16-7-4-3-5-8-16)12-6-11-25-21(28)10-9-17-13-19(31-2)20(32-22(23)24)14-18(17)27(29)30/h3-5,7-10,13-14,22H,6,11-12,15H2,1-2H3,(H,25,28)/b10-9+. The maximum absolute atomic E-state index is 12.5. The maximum Gasteiger partial charge on any atom is 0.387 e. The molecule has 0 aliphatic carbocycles. The molecule has 2 rings (SSSR count). The van der Waals surface area contributed by atoms with Crippen LogP contribution < -0.4 is 14.8 Å². The Labute approximate surface area is 184 Å². The van der Waals surface area contributed by atoms with Gasteiger partial charge in [-0.05, 0) is 37.7 Å². The molecule has 172 valence electrons. The van der Waals surface area contributed by atoms with Crippen LogP contribution in [0.3, 0.4) is 0 Å². The van der Waals surface area contributed by atoms with E-state index in [9.17, 15) is 23.7 Å². The van der Waals surface area contributed by atoms with Gasteiger partial charge in [0.2, 0.25) is 5.91 Å². The number of methoxy groups -OCH3 is 1. The van der Waals surface area contributed by atoms with Gasteiger partial charge in [0.1, 0.15) is 0 Å². The Bertz CT molecular complexity index is 939. The van der Waals surface area contributed by atoms with E-state index in [0.29, 0.717) is 6.54 Å². The molecule has 1 N–H and O–H groups in total. The minimum absolute atomic E-state index is 0.0196. The summed E-state index contributed by atoms with van der Waals surface area (Å²) >= 11 is 0. The number of ether oxygens (including phenoxy) is 2. The first-order valence-electron chi connectivity index (χ1n) is 9.79. The highest BCUT2D eigenvalue weighted by molar-refractivity contribution is 5.92. The predicted molar refractivity (Wildman–Crippen MR) is 116 cm³/mol. The van der Waals surface area contributed by atoms with Gasteiger partial charge in [0.25, 0.3) is 5.69 Å². The van der Waals surface area contributed by atoms with Crippen molar-refractivity contribution in [3.63, 3.8) is 0 Å². The number of carbonyl (C=O) groups is 1. The summed E-state index contributed by atoms with van der Waals surface area (Å²) in [6.07, 6.45) is 3.09. The second-order valence-electron chi connectivity index (χ2n) is 6.90. The molecule has 0 bridgehead atoms. The Balaban J connectivity index is 1.91. The third-order valence-corrected chi connectivity index (χ3v) is 4.45. The van der Waals surface area contributed by atoms with Crippen LogP contribution in [-0.4, -0.2) is 49.6 Å². The first-order valence-corrected chi connectivity index (χ1v) is 9.79. The molecule has 0 aliphatic heterocycles. The molecule has 0 heterocycles. The Hall–Kier alpha value is -3.53. The number of benzene rings is 2. The third kappa shape index (κ3) is 7.95. The molecular formula is C22H25F2N3O5. The molecule has 10 heteroatoms. The van der Waals surface area contributed by atoms with Crippen LogP contribution >= 0.6 is 0 Å². The first kappa shape index (κ1) is 24.7. The molecule has 2 aromatic carbocycles. The normalized spacial score (nSPS) is 11.2. The lowest BCUT2D eigenvalue weighted by Gasteiger charge is -2.16. The zero-order chi connectivity index (χ0) is 23.5. The SMILES string of the molecule is COc1cc(/C=C/C(=O)NCCCN(C)Cc2ccccc2)c([N+](=O)[O-])cc1OC(F)F. The summed E-state index contributed by atoms with van der Waals surface area (Å²) in [4.78, 5) is 24.7. The van der Waals surface area contributed by atoms with Crippen molar-refractivity contribution in [2.75, 3.05) is 27.2 Å². The summed E-state index contributed by atoms with van der Waals surface area (Å²) in [6, 6.07) is 12.0. The number of rotatable bonds is 12. The summed E-state index contributed by atoms with van der Waals surface area (Å²) < 4.78 is 34.2. The molecule has 8 nitrogen and oxygen atoms in total. The number of amides is 1. The molecule has 1 amide bonds. The van der Waals surface area contributed by atoms with E-state index in [1.165, 1.54) is 18.7 Å². The van der Waals surface area contributed by atoms with Crippen LogP contribution in [0, 0.1) is 10.1 Å². The largest absolute Gasteiger partial charge is 0.493 e. The molecule has 0 atom stereocenters. The Kier molecular flexibility index (Phi) is 9.55. The van der Waals surface area contributed by atoms with Crippen LogP contribution in [0.2, 0.25) is 0 Å². The molecule has 0 spiro atoms. The summed E-state index contributed by atoms with van der Waals surface area (Å²) in [5.74, 6) is -1.01. The van der Waals surface area contributed by atoms with Gasteiger partial charge < -0.3 is 19.7 Å². The maximum atomic E-state index is 12.5. The summed E-state index contributed by atoms with van der Waals surface area (Å²) in [5, 5.41) is 14.0. The quantitative estimate of drug-likeness (QED) is 0.229. The lowest BCUT2D eigenvalue weighted by Crippen LogP contribution is -2.26. The van der Waals surface area contributed by atoms with Gasteiger partial charge in [-0.25, -0.2) is 0 Å². The number of carbonyl (C=O) groups excluding carboxylic acids is 1. The smallest absolute Gasteiger partial charge is 0.387 e. The molecule has 0 saturated carbocycles. The molecule has 0 saturated heterocycles. The number of nitro benzene ring substituents is 1. The second kappa shape index (κ2) is 12.4. The minimum atomic E-state index is -3.16. The van der Waals surface area contributed by atoms with Gasteiger partial charge in [-0.3, -0.25) is 14.9 Å². The Morgan fingerprint density at radius 2 is 1.97 bits per heavy atom. The monoisotopic (exact) mass is 449 g/mol. The first-order chi connectivity index (χ1) is 15.3. The van der Waals surface area contributed by atoms with Crippen LogP contribution in [0.15, 0.2) is 48.5 Å². The van der Waals surface area contributed by atoms with E-state index in [4.69, 9.17) is 4.74 Å². The number of halogens is 2. The average molecular weight is 449 g/mol. The van der Waals surface area contributed by atoms with Gasteiger partial charge in [-0.1, -0.05) is 30.3 Å². The topological polar surface area (TPSA) is 93.9 Å². The number of alkyl halides is 2. The molecule has 2 aromatic rings. The fraction of sp³-hybridized carbons (Fsp3) is 0.318. The van der Waals surface area contributed by atoms with Gasteiger partial charge in [0, 0.05) is 19.2 Å². The number of hydrogen-bond acceptors (Lipinski definition) is 6. The lowest BCUT2D eigenvalue weighted by atomic mass is 10.1. The van der Waals surface area contributed by atoms with Crippen LogP contribution in [0.5, 0.6) is 11.5 Å². The van der Waals surface area contributed by atoms with Crippen LogP contribution in [-0.2, 0) is 11.3 Å². The van der Waals surface area contributed by atoms with Gasteiger partial charge in [0.15, 0.2) is 11.5 Å². The zero-order valence-electron chi connectivity index (χ0n) is 17.8. The van der Waals surface area contributed by atoms with E-state index in [1.54, 1.807) is 0 Å². The van der Waals surface area contributed by atoms with Crippen molar-refractivity contribution in [1.82, 2.24) is 10.2 Å². The highest BCUT2D eigenvalue weighted by Gasteiger charge is 2.20. The highest BCUT2D eigenvalue weighted by Crippen LogP contribution is 2.36. The fourth-order valence-corrected chi connectivity index (χ4v) is 2.96. The number of nitrogens with one attached hydrogen (secondary N) is 1. The van der Waals surface area contributed by atoms with Crippen molar-refractivity contribution in [1.29, 1.82) is 0 Å². The zero-order valence-corrected chi connectivity index (χ0v) is 17.8. The van der Waals surface area contributed by atoms with E-state index >= 15 is 0 Å². The van der Waals surface area contributed by atoms with E-state index in [0.717, 1.165) is 37.7 Å². The Morgan fingerprint density at radius 1 is 1.25 bits per heavy atom. The molecule has 0 unspecified atom stereocenters. The van der Waals surface area contributed by atoms with E-state index in [2.05, 4.69) is 15.0 Å². The molecule has 0 aliphatic rings. The molecular weight excluding hydrogens is 424 g/mol. The van der Waals surface area contributed by atoms with Crippen molar-refractivity contribution < 1.29 is 28.0 Å². The number of hydrogen-bond donors (Lipinski definition) is 1. The van der Waals surface area contributed by atoms with E-state index in [-0.39, 0.29) is 11.3 Å². The van der Waals surface area contributed by atoms with E-state index in [1.807, 2.05) is 37.4 Å². The molecule has 32 heavy (non-hydrogen) atoms. The van der Waals surface area contributed by atoms with Crippen molar-refractivity contribution in [2.45, 2.75) is 19.6 Å². The van der Waals surface area contributed by atoms with E-state index < -0.39 is 28.9 Å². The Morgan fingerprint density at radius 3 is 2.59 bits per heavy atom. The van der Waals surface area contributed by atoms with Gasteiger partial charge >= 0.3 is 6.61 Å². The highest BCUT2D eigenvalue weighted by atomic mass is 19.3. The van der Waals surface area contributed by atoms with Crippen molar-refractivity contribution in [3.8, 4) is 11.5 Å².